The quantitative estimate of drug-likeness (QED) is 0.793. The van der Waals surface area contributed by atoms with Crippen molar-refractivity contribution < 1.29 is 8.42 Å². The summed E-state index contributed by atoms with van der Waals surface area (Å²) in [5, 5.41) is 3.82. The van der Waals surface area contributed by atoms with E-state index in [1.807, 2.05) is 12.1 Å². The molecule has 0 amide bonds. The predicted octanol–water partition coefficient (Wildman–Crippen LogP) is 3.15. The molecule has 2 saturated carbocycles. The molecule has 0 bridgehead atoms. The lowest BCUT2D eigenvalue weighted by atomic mass is 9.92. The van der Waals surface area contributed by atoms with Gasteiger partial charge < -0.3 is 11.1 Å². The van der Waals surface area contributed by atoms with Gasteiger partial charge in [-0.1, -0.05) is 30.3 Å². The average Bonchev–Trinajstić information content (AvgIpc) is 3.36. The fourth-order valence-electron chi connectivity index (χ4n) is 4.93. The van der Waals surface area contributed by atoms with Gasteiger partial charge in [0.15, 0.2) is 0 Å². The topological polar surface area (TPSA) is 75.4 Å². The zero-order chi connectivity index (χ0) is 20.0. The van der Waals surface area contributed by atoms with Crippen LogP contribution < -0.4 is 15.4 Å². The second kappa shape index (κ2) is 7.42. The molecule has 2 atom stereocenters. The first kappa shape index (κ1) is 19.1. The largest absolute Gasteiger partial charge is 0.328 e. The highest BCUT2D eigenvalue weighted by atomic mass is 32.2. The molecule has 6 heteroatoms. The molecule has 2 aromatic carbocycles. The monoisotopic (exact) mass is 411 g/mol. The molecule has 0 radical (unpaired) electrons. The summed E-state index contributed by atoms with van der Waals surface area (Å²) in [5.74, 6) is 0.552. The van der Waals surface area contributed by atoms with E-state index in [0.29, 0.717) is 35.5 Å². The van der Waals surface area contributed by atoms with E-state index in [0.717, 1.165) is 30.5 Å². The van der Waals surface area contributed by atoms with Gasteiger partial charge in [-0.3, -0.25) is 4.31 Å². The predicted molar refractivity (Wildman–Crippen MR) is 116 cm³/mol. The third kappa shape index (κ3) is 3.69. The van der Waals surface area contributed by atoms with Gasteiger partial charge in [0.2, 0.25) is 0 Å². The highest BCUT2D eigenvalue weighted by molar-refractivity contribution is 7.92. The van der Waals surface area contributed by atoms with Crippen LogP contribution in [-0.2, 0) is 16.4 Å². The lowest BCUT2D eigenvalue weighted by molar-refractivity contribution is 0.339. The molecule has 2 unspecified atom stereocenters. The van der Waals surface area contributed by atoms with Gasteiger partial charge >= 0.3 is 0 Å². The van der Waals surface area contributed by atoms with Crippen LogP contribution in [-0.4, -0.2) is 33.1 Å². The summed E-state index contributed by atoms with van der Waals surface area (Å²) >= 11 is 0. The summed E-state index contributed by atoms with van der Waals surface area (Å²) in [6.45, 7) is 0.519. The first-order chi connectivity index (χ1) is 14.0. The third-order valence-corrected chi connectivity index (χ3v) is 8.56. The minimum atomic E-state index is -3.49. The normalized spacial score (nSPS) is 28.9. The molecule has 1 aliphatic heterocycles. The number of fused-ring (bicyclic) bond motifs is 1. The Kier molecular flexibility index (Phi) is 4.88. The molecule has 154 valence electrons. The van der Waals surface area contributed by atoms with E-state index in [1.165, 1.54) is 24.8 Å². The van der Waals surface area contributed by atoms with Crippen molar-refractivity contribution in [3.8, 4) is 0 Å². The van der Waals surface area contributed by atoms with Crippen molar-refractivity contribution in [1.29, 1.82) is 0 Å². The number of sulfonamides is 1. The Balaban J connectivity index is 1.28. The van der Waals surface area contributed by atoms with Crippen molar-refractivity contribution >= 4 is 15.7 Å². The molecule has 29 heavy (non-hydrogen) atoms. The van der Waals surface area contributed by atoms with Crippen LogP contribution in [0.1, 0.15) is 49.1 Å². The Labute approximate surface area is 173 Å². The fourth-order valence-corrected chi connectivity index (χ4v) is 6.45. The van der Waals surface area contributed by atoms with Crippen LogP contribution in [0.5, 0.6) is 0 Å². The second-order valence-corrected chi connectivity index (χ2v) is 10.6. The maximum atomic E-state index is 13.0. The molecule has 5 rings (SSSR count). The first-order valence-corrected chi connectivity index (χ1v) is 12.2. The Morgan fingerprint density at radius 1 is 1.00 bits per heavy atom. The molecule has 3 N–H and O–H groups in total. The van der Waals surface area contributed by atoms with Crippen molar-refractivity contribution in [2.75, 3.05) is 10.8 Å². The average molecular weight is 412 g/mol. The van der Waals surface area contributed by atoms with Gasteiger partial charge in [0, 0.05) is 30.6 Å². The number of nitrogens with two attached hydrogens (primary N) is 1. The van der Waals surface area contributed by atoms with Crippen molar-refractivity contribution in [2.45, 2.75) is 67.5 Å². The van der Waals surface area contributed by atoms with E-state index in [2.05, 4.69) is 17.4 Å². The van der Waals surface area contributed by atoms with E-state index in [4.69, 9.17) is 5.73 Å². The summed E-state index contributed by atoms with van der Waals surface area (Å²) in [5.41, 5.74) is 9.34. The molecule has 2 aromatic rings. The molecular weight excluding hydrogens is 382 g/mol. The standard InChI is InChI=1S/C23H29N3O2S/c24-18-7-9-19(10-8-18)25-22-15-21(22)16-6-11-23-17(14-16)12-13-26(23)29(27,28)20-4-2-1-3-5-20/h1-6,11,14,18-19,21-22,25H,7-10,12-13,15,24H2. The molecule has 2 aliphatic carbocycles. The summed E-state index contributed by atoms with van der Waals surface area (Å²) < 4.78 is 27.6. The highest BCUT2D eigenvalue weighted by Crippen LogP contribution is 2.44. The Hall–Kier alpha value is -1.89. The lowest BCUT2D eigenvalue weighted by Crippen LogP contribution is -2.38. The van der Waals surface area contributed by atoms with Crippen molar-refractivity contribution in [1.82, 2.24) is 5.32 Å². The van der Waals surface area contributed by atoms with Gasteiger partial charge in [-0.15, -0.1) is 0 Å². The Morgan fingerprint density at radius 3 is 2.52 bits per heavy atom. The summed E-state index contributed by atoms with van der Waals surface area (Å²) in [6, 6.07) is 16.6. The van der Waals surface area contributed by atoms with Crippen molar-refractivity contribution in [2.24, 2.45) is 5.73 Å². The van der Waals surface area contributed by atoms with E-state index in [-0.39, 0.29) is 0 Å². The molecule has 0 saturated heterocycles. The van der Waals surface area contributed by atoms with Crippen LogP contribution in [0, 0.1) is 0 Å². The number of rotatable bonds is 5. The molecule has 2 fully saturated rings. The van der Waals surface area contributed by atoms with Crippen LogP contribution in [0.15, 0.2) is 53.4 Å². The molecule has 0 aromatic heterocycles. The van der Waals surface area contributed by atoms with Crippen molar-refractivity contribution in [3.05, 3.63) is 59.7 Å². The SMILES string of the molecule is NC1CCC(NC2CC2c2ccc3c(c2)CCN3S(=O)(=O)c2ccccc2)CC1. The van der Waals surface area contributed by atoms with Crippen LogP contribution >= 0.6 is 0 Å². The van der Waals surface area contributed by atoms with E-state index in [9.17, 15) is 8.42 Å². The van der Waals surface area contributed by atoms with E-state index < -0.39 is 10.0 Å². The number of nitrogens with zero attached hydrogens (tertiary/aromatic N) is 1. The fraction of sp³-hybridized carbons (Fsp3) is 0.478. The van der Waals surface area contributed by atoms with E-state index in [1.54, 1.807) is 28.6 Å². The minimum absolute atomic E-state index is 0.357. The van der Waals surface area contributed by atoms with Gasteiger partial charge in [-0.2, -0.15) is 0 Å². The summed E-state index contributed by atoms with van der Waals surface area (Å²) in [6.07, 6.45) is 6.56. The Bertz CT molecular complexity index is 984. The minimum Gasteiger partial charge on any atom is -0.328 e. The summed E-state index contributed by atoms with van der Waals surface area (Å²) in [4.78, 5) is 0.357. The van der Waals surface area contributed by atoms with Gasteiger partial charge in [-0.05, 0) is 67.9 Å². The number of benzene rings is 2. The zero-order valence-corrected chi connectivity index (χ0v) is 17.4. The molecule has 1 heterocycles. The Morgan fingerprint density at radius 2 is 1.76 bits per heavy atom. The maximum absolute atomic E-state index is 13.0. The van der Waals surface area contributed by atoms with Gasteiger partial charge in [0.1, 0.15) is 0 Å². The number of nitrogens with one attached hydrogen (secondary N) is 1. The van der Waals surface area contributed by atoms with Gasteiger partial charge in [0.25, 0.3) is 10.0 Å². The zero-order valence-electron chi connectivity index (χ0n) is 16.6. The van der Waals surface area contributed by atoms with E-state index >= 15 is 0 Å². The molecular formula is C23H29N3O2S. The molecule has 0 spiro atoms. The van der Waals surface area contributed by atoms with Gasteiger partial charge in [-0.25, -0.2) is 8.42 Å². The number of hydrogen-bond donors (Lipinski definition) is 2. The molecule has 3 aliphatic rings. The highest BCUT2D eigenvalue weighted by Gasteiger charge is 2.41. The molecule has 5 nitrogen and oxygen atoms in total. The first-order valence-electron chi connectivity index (χ1n) is 10.7. The lowest BCUT2D eigenvalue weighted by Gasteiger charge is -2.27. The number of anilines is 1. The maximum Gasteiger partial charge on any atom is 0.264 e. The van der Waals surface area contributed by atoms with Crippen LogP contribution in [0.3, 0.4) is 0 Å². The second-order valence-electron chi connectivity index (χ2n) is 8.76. The van der Waals surface area contributed by atoms with Crippen LogP contribution in [0.25, 0.3) is 0 Å². The summed E-state index contributed by atoms with van der Waals surface area (Å²) in [7, 11) is -3.49. The van der Waals surface area contributed by atoms with Crippen molar-refractivity contribution in [3.63, 3.8) is 0 Å². The third-order valence-electron chi connectivity index (χ3n) is 6.73. The number of hydrogen-bond acceptors (Lipinski definition) is 4. The van der Waals surface area contributed by atoms with Crippen LogP contribution in [0.4, 0.5) is 5.69 Å². The van der Waals surface area contributed by atoms with Gasteiger partial charge in [0.05, 0.1) is 10.6 Å². The van der Waals surface area contributed by atoms with Crippen LogP contribution in [0.2, 0.25) is 0 Å². The smallest absolute Gasteiger partial charge is 0.264 e.